The standard InChI is InChI=1S/C13H18N2O2/c1-13(2)5-6-15(8-13)11-4-3-9(14)7-10(11)12(16)17/h3-4,7H,5-6,8,14H2,1-2H3,(H,16,17). The van der Waals surface area contributed by atoms with E-state index < -0.39 is 5.97 Å². The van der Waals surface area contributed by atoms with E-state index in [2.05, 4.69) is 18.7 Å². The molecule has 1 fully saturated rings. The molecule has 1 heterocycles. The number of benzene rings is 1. The Labute approximate surface area is 101 Å². The molecule has 0 atom stereocenters. The van der Waals surface area contributed by atoms with E-state index in [4.69, 9.17) is 5.73 Å². The van der Waals surface area contributed by atoms with Crippen molar-refractivity contribution >= 4 is 17.3 Å². The summed E-state index contributed by atoms with van der Waals surface area (Å²) in [5.74, 6) is -0.919. The molecular formula is C13H18N2O2. The number of hydrogen-bond donors (Lipinski definition) is 2. The maximum absolute atomic E-state index is 11.2. The third kappa shape index (κ3) is 2.35. The summed E-state index contributed by atoms with van der Waals surface area (Å²) < 4.78 is 0. The molecule has 0 saturated carbocycles. The van der Waals surface area contributed by atoms with Gasteiger partial charge in [0.1, 0.15) is 0 Å². The molecule has 92 valence electrons. The highest BCUT2D eigenvalue weighted by Crippen LogP contribution is 2.34. The van der Waals surface area contributed by atoms with E-state index in [0.29, 0.717) is 11.3 Å². The molecular weight excluding hydrogens is 216 g/mol. The fraction of sp³-hybridized carbons (Fsp3) is 0.462. The molecule has 0 radical (unpaired) electrons. The molecule has 2 rings (SSSR count). The van der Waals surface area contributed by atoms with Gasteiger partial charge in [0, 0.05) is 18.8 Å². The van der Waals surface area contributed by atoms with Crippen LogP contribution in [0.5, 0.6) is 0 Å². The van der Waals surface area contributed by atoms with E-state index in [-0.39, 0.29) is 5.41 Å². The largest absolute Gasteiger partial charge is 0.478 e. The number of anilines is 2. The summed E-state index contributed by atoms with van der Waals surface area (Å²) in [6.45, 7) is 6.18. The van der Waals surface area contributed by atoms with Crippen molar-refractivity contribution in [2.45, 2.75) is 20.3 Å². The summed E-state index contributed by atoms with van der Waals surface area (Å²) in [7, 11) is 0. The lowest BCUT2D eigenvalue weighted by Crippen LogP contribution is -2.24. The van der Waals surface area contributed by atoms with Gasteiger partial charge in [-0.25, -0.2) is 4.79 Å². The number of carbonyl (C=O) groups is 1. The maximum Gasteiger partial charge on any atom is 0.337 e. The third-order valence-electron chi connectivity index (χ3n) is 3.27. The first kappa shape index (κ1) is 11.8. The van der Waals surface area contributed by atoms with Crippen molar-refractivity contribution in [2.24, 2.45) is 5.41 Å². The van der Waals surface area contributed by atoms with Gasteiger partial charge in [-0.3, -0.25) is 0 Å². The average molecular weight is 234 g/mol. The fourth-order valence-corrected chi connectivity index (χ4v) is 2.32. The number of nitrogen functional groups attached to an aromatic ring is 1. The van der Waals surface area contributed by atoms with Gasteiger partial charge < -0.3 is 15.7 Å². The second-order valence-electron chi connectivity index (χ2n) is 5.42. The smallest absolute Gasteiger partial charge is 0.337 e. The normalized spacial score (nSPS) is 18.4. The van der Waals surface area contributed by atoms with Crippen molar-refractivity contribution in [3.05, 3.63) is 23.8 Å². The minimum Gasteiger partial charge on any atom is -0.478 e. The topological polar surface area (TPSA) is 66.6 Å². The molecule has 0 unspecified atom stereocenters. The SMILES string of the molecule is CC1(C)CCN(c2ccc(N)cc2C(=O)O)C1. The fourth-order valence-electron chi connectivity index (χ4n) is 2.32. The molecule has 1 aromatic rings. The lowest BCUT2D eigenvalue weighted by molar-refractivity contribution is 0.0697. The van der Waals surface area contributed by atoms with Crippen LogP contribution in [0.1, 0.15) is 30.6 Å². The zero-order valence-corrected chi connectivity index (χ0v) is 10.2. The molecule has 0 aromatic heterocycles. The summed E-state index contributed by atoms with van der Waals surface area (Å²) in [6.07, 6.45) is 1.08. The Morgan fingerprint density at radius 1 is 1.47 bits per heavy atom. The summed E-state index contributed by atoms with van der Waals surface area (Å²) in [6, 6.07) is 5.09. The zero-order chi connectivity index (χ0) is 12.6. The van der Waals surface area contributed by atoms with Crippen molar-refractivity contribution in [1.82, 2.24) is 0 Å². The molecule has 3 N–H and O–H groups in total. The summed E-state index contributed by atoms with van der Waals surface area (Å²) >= 11 is 0. The maximum atomic E-state index is 11.2. The highest BCUT2D eigenvalue weighted by Gasteiger charge is 2.31. The van der Waals surface area contributed by atoms with Crippen LogP contribution in [0.25, 0.3) is 0 Å². The molecule has 4 nitrogen and oxygen atoms in total. The van der Waals surface area contributed by atoms with Crippen LogP contribution in [0.15, 0.2) is 18.2 Å². The molecule has 4 heteroatoms. The van der Waals surface area contributed by atoms with Gasteiger partial charge in [-0.1, -0.05) is 13.8 Å². The summed E-state index contributed by atoms with van der Waals surface area (Å²) in [5.41, 5.74) is 7.44. The highest BCUT2D eigenvalue weighted by molar-refractivity contribution is 5.95. The van der Waals surface area contributed by atoms with Crippen LogP contribution >= 0.6 is 0 Å². The molecule has 1 aromatic carbocycles. The molecule has 0 spiro atoms. The van der Waals surface area contributed by atoms with Crippen molar-refractivity contribution in [3.63, 3.8) is 0 Å². The number of hydrogen-bond acceptors (Lipinski definition) is 3. The predicted octanol–water partition coefficient (Wildman–Crippen LogP) is 2.20. The van der Waals surface area contributed by atoms with E-state index in [1.165, 1.54) is 6.07 Å². The monoisotopic (exact) mass is 234 g/mol. The first-order chi connectivity index (χ1) is 7.89. The molecule has 0 amide bonds. The summed E-state index contributed by atoms with van der Waals surface area (Å²) in [4.78, 5) is 13.3. The van der Waals surface area contributed by atoms with Crippen LogP contribution < -0.4 is 10.6 Å². The minimum absolute atomic E-state index is 0.247. The Hall–Kier alpha value is -1.71. The lowest BCUT2D eigenvalue weighted by Gasteiger charge is -2.23. The number of carboxylic acids is 1. The summed E-state index contributed by atoms with van der Waals surface area (Å²) in [5, 5.41) is 9.20. The Balaban J connectivity index is 2.36. The van der Waals surface area contributed by atoms with Crippen LogP contribution in [0.3, 0.4) is 0 Å². The van der Waals surface area contributed by atoms with E-state index in [9.17, 15) is 9.90 Å². The van der Waals surface area contributed by atoms with Gasteiger partial charge >= 0.3 is 5.97 Å². The van der Waals surface area contributed by atoms with Crippen molar-refractivity contribution < 1.29 is 9.90 Å². The third-order valence-corrected chi connectivity index (χ3v) is 3.27. The second-order valence-corrected chi connectivity index (χ2v) is 5.42. The van der Waals surface area contributed by atoms with Crippen LogP contribution in [0.4, 0.5) is 11.4 Å². The van der Waals surface area contributed by atoms with E-state index in [0.717, 1.165) is 25.2 Å². The van der Waals surface area contributed by atoms with Gasteiger partial charge in [0.2, 0.25) is 0 Å². The van der Waals surface area contributed by atoms with Crippen LogP contribution in [0, 0.1) is 5.41 Å². The minimum atomic E-state index is -0.919. The zero-order valence-electron chi connectivity index (χ0n) is 10.2. The number of rotatable bonds is 2. The molecule has 17 heavy (non-hydrogen) atoms. The highest BCUT2D eigenvalue weighted by atomic mass is 16.4. The quantitative estimate of drug-likeness (QED) is 0.770. The first-order valence-electron chi connectivity index (χ1n) is 5.77. The molecule has 1 aliphatic rings. The van der Waals surface area contributed by atoms with Gasteiger partial charge in [-0.05, 0) is 30.0 Å². The number of aromatic carboxylic acids is 1. The average Bonchev–Trinajstić information content (AvgIpc) is 2.58. The Kier molecular flexibility index (Phi) is 2.73. The molecule has 1 saturated heterocycles. The number of nitrogens with zero attached hydrogens (tertiary/aromatic N) is 1. The van der Waals surface area contributed by atoms with Gasteiger partial charge in [0.15, 0.2) is 0 Å². The Morgan fingerprint density at radius 3 is 2.71 bits per heavy atom. The molecule has 0 aliphatic carbocycles. The Bertz CT molecular complexity index is 455. The van der Waals surface area contributed by atoms with E-state index >= 15 is 0 Å². The lowest BCUT2D eigenvalue weighted by atomic mass is 9.93. The van der Waals surface area contributed by atoms with Gasteiger partial charge in [-0.2, -0.15) is 0 Å². The van der Waals surface area contributed by atoms with Gasteiger partial charge in [0.05, 0.1) is 11.3 Å². The number of carboxylic acid groups (broad SMARTS) is 1. The van der Waals surface area contributed by atoms with Crippen LogP contribution in [-0.2, 0) is 0 Å². The van der Waals surface area contributed by atoms with Crippen LogP contribution in [0.2, 0.25) is 0 Å². The number of nitrogens with two attached hydrogens (primary N) is 1. The second kappa shape index (κ2) is 3.95. The van der Waals surface area contributed by atoms with Crippen LogP contribution in [-0.4, -0.2) is 24.2 Å². The van der Waals surface area contributed by atoms with E-state index in [1.807, 2.05) is 0 Å². The predicted molar refractivity (Wildman–Crippen MR) is 68.4 cm³/mol. The van der Waals surface area contributed by atoms with Crippen molar-refractivity contribution in [1.29, 1.82) is 0 Å². The van der Waals surface area contributed by atoms with E-state index in [1.54, 1.807) is 12.1 Å². The Morgan fingerprint density at radius 2 is 2.18 bits per heavy atom. The molecule has 0 bridgehead atoms. The van der Waals surface area contributed by atoms with Gasteiger partial charge in [-0.15, -0.1) is 0 Å². The van der Waals surface area contributed by atoms with Gasteiger partial charge in [0.25, 0.3) is 0 Å². The van der Waals surface area contributed by atoms with Crippen molar-refractivity contribution in [2.75, 3.05) is 23.7 Å². The first-order valence-corrected chi connectivity index (χ1v) is 5.77. The molecule has 1 aliphatic heterocycles. The van der Waals surface area contributed by atoms with Crippen molar-refractivity contribution in [3.8, 4) is 0 Å².